The molecule has 2 aromatic heterocycles. The van der Waals surface area contributed by atoms with E-state index < -0.39 is 5.82 Å². The molecule has 148 valence electrons. The molecular weight excluding hydrogens is 369 g/mol. The van der Waals surface area contributed by atoms with Crippen LogP contribution in [0.4, 0.5) is 10.3 Å². The third-order valence-corrected chi connectivity index (χ3v) is 4.79. The number of hydrogen-bond donors (Lipinski definition) is 1. The van der Waals surface area contributed by atoms with E-state index in [0.717, 1.165) is 11.0 Å². The van der Waals surface area contributed by atoms with Crippen molar-refractivity contribution >= 4 is 22.9 Å². The van der Waals surface area contributed by atoms with E-state index in [-0.39, 0.29) is 11.4 Å². The second kappa shape index (κ2) is 6.84. The minimum absolute atomic E-state index is 0.287. The van der Waals surface area contributed by atoms with Crippen molar-refractivity contribution in [1.82, 2.24) is 19.3 Å². The van der Waals surface area contributed by atoms with Crippen LogP contribution in [-0.4, -0.2) is 25.2 Å². The van der Waals surface area contributed by atoms with Gasteiger partial charge in [-0.15, -0.1) is 0 Å². The van der Waals surface area contributed by atoms with Gasteiger partial charge in [-0.2, -0.15) is 5.10 Å². The molecule has 6 nitrogen and oxygen atoms in total. The molecule has 0 saturated carbocycles. The first-order chi connectivity index (χ1) is 13.8. The molecule has 4 rings (SSSR count). The monoisotopic (exact) mass is 391 g/mol. The highest BCUT2D eigenvalue weighted by molar-refractivity contribution is 6.04. The lowest BCUT2D eigenvalue weighted by molar-refractivity contribution is 0.102. The number of hydrogen-bond acceptors (Lipinski definition) is 3. The van der Waals surface area contributed by atoms with Gasteiger partial charge in [-0.05, 0) is 52.0 Å². The number of rotatable bonds is 3. The van der Waals surface area contributed by atoms with Crippen LogP contribution >= 0.6 is 0 Å². The summed E-state index contributed by atoms with van der Waals surface area (Å²) < 4.78 is 17.6. The molecule has 1 amide bonds. The average molecular weight is 391 g/mol. The summed E-state index contributed by atoms with van der Waals surface area (Å²) in [6.07, 6.45) is 1.45. The van der Waals surface area contributed by atoms with Gasteiger partial charge in [-0.1, -0.05) is 24.3 Å². The minimum Gasteiger partial charge on any atom is -0.305 e. The fourth-order valence-corrected chi connectivity index (χ4v) is 3.46. The molecule has 0 bridgehead atoms. The fourth-order valence-electron chi connectivity index (χ4n) is 3.46. The number of halogens is 1. The lowest BCUT2D eigenvalue weighted by atomic mass is 10.1. The first kappa shape index (κ1) is 18.9. The van der Waals surface area contributed by atoms with Crippen molar-refractivity contribution in [2.75, 3.05) is 5.32 Å². The fraction of sp³-hybridized carbons (Fsp3) is 0.227. The van der Waals surface area contributed by atoms with Crippen LogP contribution in [0.1, 0.15) is 36.8 Å². The molecular formula is C22H22FN5O. The zero-order chi connectivity index (χ0) is 20.8. The second-order valence-corrected chi connectivity index (χ2v) is 7.89. The highest BCUT2D eigenvalue weighted by atomic mass is 19.1. The van der Waals surface area contributed by atoms with Crippen LogP contribution in [0, 0.1) is 12.7 Å². The second-order valence-electron chi connectivity index (χ2n) is 7.89. The van der Waals surface area contributed by atoms with Crippen LogP contribution in [0.15, 0.2) is 54.7 Å². The van der Waals surface area contributed by atoms with E-state index in [1.54, 1.807) is 25.1 Å². The van der Waals surface area contributed by atoms with Gasteiger partial charge >= 0.3 is 0 Å². The quantitative estimate of drug-likeness (QED) is 0.552. The minimum atomic E-state index is -0.403. The number of imidazole rings is 1. The summed E-state index contributed by atoms with van der Waals surface area (Å²) in [6, 6.07) is 14.1. The Morgan fingerprint density at radius 3 is 2.48 bits per heavy atom. The van der Waals surface area contributed by atoms with E-state index in [0.29, 0.717) is 22.9 Å². The number of carbonyl (C=O) groups is 1. The topological polar surface area (TPSA) is 64.7 Å². The van der Waals surface area contributed by atoms with Gasteiger partial charge in [0.05, 0.1) is 28.5 Å². The lowest BCUT2D eigenvalue weighted by Crippen LogP contribution is -2.26. The van der Waals surface area contributed by atoms with Gasteiger partial charge in [-0.3, -0.25) is 10.1 Å². The van der Waals surface area contributed by atoms with Gasteiger partial charge in [0, 0.05) is 5.54 Å². The Morgan fingerprint density at radius 2 is 1.76 bits per heavy atom. The molecule has 0 aliphatic rings. The van der Waals surface area contributed by atoms with E-state index in [9.17, 15) is 9.18 Å². The van der Waals surface area contributed by atoms with Crippen LogP contribution < -0.4 is 5.32 Å². The summed E-state index contributed by atoms with van der Waals surface area (Å²) in [7, 11) is 0. The van der Waals surface area contributed by atoms with Crippen molar-refractivity contribution in [3.8, 4) is 5.69 Å². The summed E-state index contributed by atoms with van der Waals surface area (Å²) in [5, 5.41) is 7.12. The van der Waals surface area contributed by atoms with E-state index in [2.05, 4.69) is 36.2 Å². The number of anilines is 1. The highest BCUT2D eigenvalue weighted by Crippen LogP contribution is 2.28. The van der Waals surface area contributed by atoms with Gasteiger partial charge in [-0.25, -0.2) is 14.1 Å². The number of amides is 1. The van der Waals surface area contributed by atoms with Crippen molar-refractivity contribution in [1.29, 1.82) is 0 Å². The number of nitrogens with one attached hydrogen (secondary N) is 1. The third-order valence-electron chi connectivity index (χ3n) is 4.79. The van der Waals surface area contributed by atoms with Gasteiger partial charge < -0.3 is 4.57 Å². The summed E-state index contributed by atoms with van der Waals surface area (Å²) in [5.41, 5.74) is 2.66. The van der Waals surface area contributed by atoms with Crippen LogP contribution in [0.25, 0.3) is 16.7 Å². The Labute approximate surface area is 168 Å². The summed E-state index contributed by atoms with van der Waals surface area (Å²) in [4.78, 5) is 17.6. The average Bonchev–Trinajstić information content (AvgIpc) is 3.22. The maximum Gasteiger partial charge on any atom is 0.261 e. The molecule has 0 unspecified atom stereocenters. The molecule has 0 radical (unpaired) electrons. The van der Waals surface area contributed by atoms with Crippen LogP contribution in [0.3, 0.4) is 0 Å². The molecule has 0 aliphatic carbocycles. The Morgan fingerprint density at radius 1 is 1.07 bits per heavy atom. The zero-order valence-electron chi connectivity index (χ0n) is 16.8. The molecule has 0 saturated heterocycles. The molecule has 0 atom stereocenters. The molecule has 7 heteroatoms. The van der Waals surface area contributed by atoms with E-state index in [4.69, 9.17) is 0 Å². The van der Waals surface area contributed by atoms with Crippen molar-refractivity contribution in [2.45, 2.75) is 33.2 Å². The molecule has 29 heavy (non-hydrogen) atoms. The number of aromatic nitrogens is 4. The number of nitrogens with zero attached hydrogens (tertiary/aromatic N) is 4. The summed E-state index contributed by atoms with van der Waals surface area (Å²) >= 11 is 0. The molecule has 2 heterocycles. The largest absolute Gasteiger partial charge is 0.305 e. The zero-order valence-corrected chi connectivity index (χ0v) is 16.8. The van der Waals surface area contributed by atoms with Crippen LogP contribution in [0.5, 0.6) is 0 Å². The van der Waals surface area contributed by atoms with Crippen molar-refractivity contribution in [3.63, 3.8) is 0 Å². The third kappa shape index (κ3) is 3.29. The highest BCUT2D eigenvalue weighted by Gasteiger charge is 2.24. The molecule has 4 aromatic rings. The Bertz CT molecular complexity index is 1220. The van der Waals surface area contributed by atoms with Crippen molar-refractivity contribution in [3.05, 3.63) is 71.8 Å². The van der Waals surface area contributed by atoms with E-state index >= 15 is 0 Å². The van der Waals surface area contributed by atoms with Crippen LogP contribution in [-0.2, 0) is 5.54 Å². The normalized spacial score (nSPS) is 11.8. The van der Waals surface area contributed by atoms with Gasteiger partial charge in [0.15, 0.2) is 0 Å². The van der Waals surface area contributed by atoms with Crippen molar-refractivity contribution in [2.24, 2.45) is 0 Å². The molecule has 0 spiro atoms. The van der Waals surface area contributed by atoms with Crippen molar-refractivity contribution < 1.29 is 9.18 Å². The first-order valence-corrected chi connectivity index (χ1v) is 9.36. The van der Waals surface area contributed by atoms with Gasteiger partial charge in [0.1, 0.15) is 11.5 Å². The Hall–Kier alpha value is -3.48. The Kier molecular flexibility index (Phi) is 4.45. The van der Waals surface area contributed by atoms with E-state index in [1.165, 1.54) is 16.9 Å². The summed E-state index contributed by atoms with van der Waals surface area (Å²) in [5.74, 6) is -0.284. The number of carbonyl (C=O) groups excluding carboxylic acids is 1. The molecule has 1 N–H and O–H groups in total. The van der Waals surface area contributed by atoms with E-state index in [1.807, 2.05) is 28.8 Å². The lowest BCUT2D eigenvalue weighted by Gasteiger charge is -2.24. The predicted octanol–water partition coefficient (Wildman–Crippen LogP) is 4.68. The molecule has 0 fully saturated rings. The Balaban J connectivity index is 1.72. The van der Waals surface area contributed by atoms with Gasteiger partial charge in [0.2, 0.25) is 5.95 Å². The number of benzene rings is 2. The predicted molar refractivity (Wildman–Crippen MR) is 111 cm³/mol. The summed E-state index contributed by atoms with van der Waals surface area (Å²) in [6.45, 7) is 7.90. The van der Waals surface area contributed by atoms with Crippen LogP contribution in [0.2, 0.25) is 0 Å². The standard InChI is InChI=1S/C22H22FN5O/c1-14-15(13-24-28(14)18-11-7-5-9-16(18)23)20(29)26-21-25-17-10-6-8-12-19(17)27(21)22(2,3)4/h5-13H,1-4H3,(H,25,26,29). The maximum atomic E-state index is 14.1. The smallest absolute Gasteiger partial charge is 0.261 e. The molecule has 2 aromatic carbocycles. The molecule has 0 aliphatic heterocycles. The SMILES string of the molecule is Cc1c(C(=O)Nc2nc3ccccc3n2C(C)(C)C)cnn1-c1ccccc1F. The van der Waals surface area contributed by atoms with Gasteiger partial charge in [0.25, 0.3) is 5.91 Å². The first-order valence-electron chi connectivity index (χ1n) is 9.36. The maximum absolute atomic E-state index is 14.1. The number of fused-ring (bicyclic) bond motifs is 1. The number of para-hydroxylation sites is 3.